The largest absolute Gasteiger partial charge is 0.490 e. The molecule has 16 heavy (non-hydrogen) atoms. The monoisotopic (exact) mass is 239 g/mol. The molecule has 2 unspecified atom stereocenters. The van der Waals surface area contributed by atoms with Gasteiger partial charge in [-0.15, -0.1) is 0 Å². The number of aromatic nitrogens is 1. The van der Waals surface area contributed by atoms with Crippen molar-refractivity contribution < 1.29 is 4.74 Å². The highest BCUT2D eigenvalue weighted by molar-refractivity contribution is 6.29. The maximum absolute atomic E-state index is 6.05. The van der Waals surface area contributed by atoms with Crippen molar-refractivity contribution in [2.24, 2.45) is 5.92 Å². The van der Waals surface area contributed by atoms with Gasteiger partial charge in [0, 0.05) is 17.8 Å². The number of ether oxygens (including phenoxy) is 1. The molecule has 0 N–H and O–H groups in total. The average Bonchev–Trinajstić information content (AvgIpc) is 2.27. The van der Waals surface area contributed by atoms with Gasteiger partial charge >= 0.3 is 0 Å². The van der Waals surface area contributed by atoms with Crippen molar-refractivity contribution >= 4 is 11.6 Å². The molecule has 1 fully saturated rings. The van der Waals surface area contributed by atoms with Gasteiger partial charge in [-0.2, -0.15) is 0 Å². The summed E-state index contributed by atoms with van der Waals surface area (Å²) >= 11 is 5.88. The molecule has 1 aliphatic carbocycles. The van der Waals surface area contributed by atoms with Crippen molar-refractivity contribution in [2.45, 2.75) is 45.6 Å². The number of hydrogen-bond donors (Lipinski definition) is 0. The first-order valence-electron chi connectivity index (χ1n) is 5.95. The summed E-state index contributed by atoms with van der Waals surface area (Å²) < 4.78 is 6.05. The Kier molecular flexibility index (Phi) is 3.70. The van der Waals surface area contributed by atoms with Crippen LogP contribution in [0.2, 0.25) is 5.15 Å². The molecule has 3 heteroatoms. The number of rotatable bonds is 2. The Morgan fingerprint density at radius 2 is 2.12 bits per heavy atom. The molecular weight excluding hydrogens is 222 g/mol. The second-order valence-corrected chi connectivity index (χ2v) is 5.08. The third-order valence-electron chi connectivity index (χ3n) is 3.33. The molecule has 0 saturated heterocycles. The predicted octanol–water partition coefficient (Wildman–Crippen LogP) is 4.00. The van der Waals surface area contributed by atoms with Crippen molar-refractivity contribution in [1.82, 2.24) is 4.98 Å². The van der Waals surface area contributed by atoms with Gasteiger partial charge in [0.15, 0.2) is 0 Å². The molecule has 1 saturated carbocycles. The summed E-state index contributed by atoms with van der Waals surface area (Å²) in [5, 5.41) is 0.504. The summed E-state index contributed by atoms with van der Waals surface area (Å²) in [6.45, 7) is 4.27. The van der Waals surface area contributed by atoms with Crippen molar-refractivity contribution in [1.29, 1.82) is 0 Å². The molecule has 2 nitrogen and oxygen atoms in total. The molecule has 2 atom stereocenters. The molecular formula is C13H18ClNO. The lowest BCUT2D eigenvalue weighted by Crippen LogP contribution is -2.28. The van der Waals surface area contributed by atoms with Crippen LogP contribution >= 0.6 is 11.6 Å². The van der Waals surface area contributed by atoms with Crippen LogP contribution in [-0.2, 0) is 0 Å². The molecule has 1 aromatic rings. The minimum absolute atomic E-state index is 0.339. The molecule has 0 radical (unpaired) electrons. The van der Waals surface area contributed by atoms with Crippen LogP contribution in [-0.4, -0.2) is 11.1 Å². The van der Waals surface area contributed by atoms with E-state index < -0.39 is 0 Å². The van der Waals surface area contributed by atoms with Gasteiger partial charge in [-0.1, -0.05) is 24.9 Å². The fourth-order valence-electron chi connectivity index (χ4n) is 2.23. The summed E-state index contributed by atoms with van der Waals surface area (Å²) in [6, 6.07) is 1.82. The quantitative estimate of drug-likeness (QED) is 0.728. The first kappa shape index (κ1) is 11.7. The molecule has 0 bridgehead atoms. The van der Waals surface area contributed by atoms with Crippen LogP contribution < -0.4 is 4.74 Å². The second kappa shape index (κ2) is 5.05. The van der Waals surface area contributed by atoms with Crippen LogP contribution in [0.1, 0.15) is 38.2 Å². The topological polar surface area (TPSA) is 22.1 Å². The lowest BCUT2D eigenvalue weighted by Gasteiger charge is -2.29. The lowest BCUT2D eigenvalue weighted by molar-refractivity contribution is 0.102. The van der Waals surface area contributed by atoms with Gasteiger partial charge in [0.2, 0.25) is 0 Å². The Labute approximate surface area is 102 Å². The minimum Gasteiger partial charge on any atom is -0.490 e. The van der Waals surface area contributed by atoms with Gasteiger partial charge in [0.25, 0.3) is 0 Å². The van der Waals surface area contributed by atoms with Gasteiger partial charge in [-0.05, 0) is 32.1 Å². The van der Waals surface area contributed by atoms with Crippen molar-refractivity contribution in [2.75, 3.05) is 0 Å². The van der Waals surface area contributed by atoms with Crippen LogP contribution in [0.5, 0.6) is 5.75 Å². The fourth-order valence-corrected chi connectivity index (χ4v) is 2.38. The predicted molar refractivity (Wildman–Crippen MR) is 66.0 cm³/mol. The van der Waals surface area contributed by atoms with Gasteiger partial charge in [0.1, 0.15) is 17.0 Å². The summed E-state index contributed by atoms with van der Waals surface area (Å²) in [5.41, 5.74) is 1.06. The Morgan fingerprint density at radius 3 is 2.88 bits per heavy atom. The lowest BCUT2D eigenvalue weighted by atomic mass is 9.88. The van der Waals surface area contributed by atoms with E-state index in [-0.39, 0.29) is 0 Å². The number of nitrogens with zero attached hydrogens (tertiary/aromatic N) is 1. The molecule has 0 spiro atoms. The van der Waals surface area contributed by atoms with E-state index >= 15 is 0 Å². The molecule has 1 heterocycles. The first-order chi connectivity index (χ1) is 7.66. The zero-order valence-corrected chi connectivity index (χ0v) is 10.6. The second-order valence-electron chi connectivity index (χ2n) is 4.69. The van der Waals surface area contributed by atoms with E-state index in [0.29, 0.717) is 17.2 Å². The highest BCUT2D eigenvalue weighted by Gasteiger charge is 2.23. The van der Waals surface area contributed by atoms with Crippen LogP contribution in [0, 0.1) is 12.8 Å². The smallest absolute Gasteiger partial charge is 0.132 e. The molecule has 0 aromatic carbocycles. The van der Waals surface area contributed by atoms with E-state index in [1.54, 1.807) is 6.20 Å². The Morgan fingerprint density at radius 1 is 1.38 bits per heavy atom. The van der Waals surface area contributed by atoms with E-state index in [0.717, 1.165) is 17.7 Å². The Hall–Kier alpha value is -0.760. The molecule has 88 valence electrons. The van der Waals surface area contributed by atoms with Crippen LogP contribution in [0.4, 0.5) is 0 Å². The summed E-state index contributed by atoms with van der Waals surface area (Å²) in [5.74, 6) is 1.53. The van der Waals surface area contributed by atoms with Crippen molar-refractivity contribution in [3.8, 4) is 5.75 Å². The van der Waals surface area contributed by atoms with Crippen LogP contribution in [0.3, 0.4) is 0 Å². The zero-order valence-electron chi connectivity index (χ0n) is 9.87. The van der Waals surface area contributed by atoms with Gasteiger partial charge < -0.3 is 4.74 Å². The molecule has 0 amide bonds. The molecule has 2 rings (SSSR count). The van der Waals surface area contributed by atoms with E-state index in [9.17, 15) is 0 Å². The number of pyridine rings is 1. The van der Waals surface area contributed by atoms with Gasteiger partial charge in [-0.25, -0.2) is 4.98 Å². The highest BCUT2D eigenvalue weighted by Crippen LogP contribution is 2.30. The van der Waals surface area contributed by atoms with Crippen LogP contribution in [0.25, 0.3) is 0 Å². The maximum Gasteiger partial charge on any atom is 0.132 e. The molecule has 1 aromatic heterocycles. The zero-order chi connectivity index (χ0) is 11.5. The standard InChI is InChI=1S/C13H18ClNO/c1-9-5-3-4-6-11(9)16-12-7-13(14)15-8-10(12)2/h7-9,11H,3-6H2,1-2H3. The third kappa shape index (κ3) is 2.67. The first-order valence-corrected chi connectivity index (χ1v) is 6.33. The maximum atomic E-state index is 6.05. The Bertz CT molecular complexity index is 367. The normalized spacial score (nSPS) is 25.4. The molecule has 0 aliphatic heterocycles. The van der Waals surface area contributed by atoms with Crippen LogP contribution in [0.15, 0.2) is 12.3 Å². The number of halogens is 1. The fraction of sp³-hybridized carbons (Fsp3) is 0.615. The SMILES string of the molecule is Cc1cnc(Cl)cc1OC1CCCCC1C. The average molecular weight is 240 g/mol. The van der Waals surface area contributed by atoms with E-state index in [1.807, 2.05) is 13.0 Å². The Balaban J connectivity index is 2.10. The third-order valence-corrected chi connectivity index (χ3v) is 3.54. The highest BCUT2D eigenvalue weighted by atomic mass is 35.5. The van der Waals surface area contributed by atoms with E-state index in [1.165, 1.54) is 19.3 Å². The number of aryl methyl sites for hydroxylation is 1. The van der Waals surface area contributed by atoms with E-state index in [4.69, 9.17) is 16.3 Å². The number of hydrogen-bond acceptors (Lipinski definition) is 2. The van der Waals surface area contributed by atoms with Crippen molar-refractivity contribution in [3.63, 3.8) is 0 Å². The summed E-state index contributed by atoms with van der Waals surface area (Å²) in [7, 11) is 0. The van der Waals surface area contributed by atoms with Gasteiger partial charge in [-0.3, -0.25) is 0 Å². The van der Waals surface area contributed by atoms with Gasteiger partial charge in [0.05, 0.1) is 0 Å². The summed E-state index contributed by atoms with van der Waals surface area (Å²) in [4.78, 5) is 4.04. The van der Waals surface area contributed by atoms with Crippen molar-refractivity contribution in [3.05, 3.63) is 23.0 Å². The van der Waals surface area contributed by atoms with E-state index in [2.05, 4.69) is 11.9 Å². The minimum atomic E-state index is 0.339. The summed E-state index contributed by atoms with van der Waals surface area (Å²) in [6.07, 6.45) is 7.13. The molecule has 1 aliphatic rings.